The number of amides is 3. The van der Waals surface area contributed by atoms with Crippen LogP contribution in [0, 0.1) is 0 Å². The molecule has 3 amide bonds. The van der Waals surface area contributed by atoms with E-state index in [4.69, 9.17) is 21.1 Å². The number of carbonyl (C=O) groups is 4. The van der Waals surface area contributed by atoms with E-state index in [9.17, 15) is 19.2 Å². The number of hydrogen-bond acceptors (Lipinski definition) is 8. The van der Waals surface area contributed by atoms with Crippen molar-refractivity contribution in [1.82, 2.24) is 16.0 Å². The fourth-order valence-corrected chi connectivity index (χ4v) is 1.47. The summed E-state index contributed by atoms with van der Waals surface area (Å²) in [5.74, 6) is -3.90. The molecule has 0 aromatic carbocycles. The first-order chi connectivity index (χ1) is 10.8. The monoisotopic (exact) mass is 352 g/mol. The normalized spacial score (nSPS) is 14.3. The highest BCUT2D eigenvalue weighted by atomic mass is 32.1. The number of rotatable bonds is 10. The Morgan fingerprint density at radius 1 is 0.957 bits per heavy atom. The molecule has 3 atom stereocenters. The standard InChI is InChI=1S/C11H20N4O7S/c12-5(4-23)9(20)14-7(3-17)11(22)15-6(2-16)10(21)13-1-8(18)19/h5-7,16-17,23H,1-4,12H2,(H,13,21)(H,14,20)(H,15,22)(H,18,19). The lowest BCUT2D eigenvalue weighted by Gasteiger charge is -2.21. The highest BCUT2D eigenvalue weighted by Gasteiger charge is 2.27. The third-order valence-electron chi connectivity index (χ3n) is 2.58. The molecule has 0 aliphatic rings. The van der Waals surface area contributed by atoms with Gasteiger partial charge in [-0.25, -0.2) is 0 Å². The number of hydrogen-bond donors (Lipinski definition) is 8. The summed E-state index contributed by atoms with van der Waals surface area (Å²) in [4.78, 5) is 45.3. The van der Waals surface area contributed by atoms with Crippen molar-refractivity contribution in [3.63, 3.8) is 0 Å². The summed E-state index contributed by atoms with van der Waals surface area (Å²) in [7, 11) is 0. The molecule has 0 saturated carbocycles. The molecule has 11 nitrogen and oxygen atoms in total. The number of carbonyl (C=O) groups excluding carboxylic acids is 3. The molecule has 12 heteroatoms. The van der Waals surface area contributed by atoms with Crippen molar-refractivity contribution in [3.8, 4) is 0 Å². The molecule has 0 bridgehead atoms. The number of carboxylic acids is 1. The Balaban J connectivity index is 4.67. The number of aliphatic hydroxyl groups excluding tert-OH is 2. The molecule has 3 unspecified atom stereocenters. The largest absolute Gasteiger partial charge is 0.480 e. The van der Waals surface area contributed by atoms with E-state index in [0.717, 1.165) is 0 Å². The van der Waals surface area contributed by atoms with Crippen LogP contribution in [0.25, 0.3) is 0 Å². The minimum absolute atomic E-state index is 0.0163. The fraction of sp³-hybridized carbons (Fsp3) is 0.636. The third-order valence-corrected chi connectivity index (χ3v) is 2.97. The van der Waals surface area contributed by atoms with Crippen LogP contribution in [0.5, 0.6) is 0 Å². The van der Waals surface area contributed by atoms with Crippen molar-refractivity contribution in [3.05, 3.63) is 0 Å². The van der Waals surface area contributed by atoms with Gasteiger partial charge in [0.2, 0.25) is 17.7 Å². The number of nitrogens with two attached hydrogens (primary N) is 1. The molecule has 23 heavy (non-hydrogen) atoms. The maximum Gasteiger partial charge on any atom is 0.322 e. The van der Waals surface area contributed by atoms with Crippen LogP contribution in [0.1, 0.15) is 0 Å². The first kappa shape index (κ1) is 21.1. The van der Waals surface area contributed by atoms with E-state index >= 15 is 0 Å². The lowest BCUT2D eigenvalue weighted by atomic mass is 10.2. The van der Waals surface area contributed by atoms with Crippen LogP contribution < -0.4 is 21.7 Å². The number of carboxylic acid groups (broad SMARTS) is 1. The molecule has 0 saturated heterocycles. The van der Waals surface area contributed by atoms with Gasteiger partial charge in [0.25, 0.3) is 0 Å². The van der Waals surface area contributed by atoms with E-state index < -0.39 is 61.6 Å². The molecule has 0 aliphatic heterocycles. The van der Waals surface area contributed by atoms with Crippen LogP contribution in [0.2, 0.25) is 0 Å². The average molecular weight is 352 g/mol. The molecule has 132 valence electrons. The Bertz CT molecular complexity index is 448. The zero-order valence-electron chi connectivity index (χ0n) is 12.1. The first-order valence-corrected chi connectivity index (χ1v) is 7.08. The van der Waals surface area contributed by atoms with Gasteiger partial charge in [-0.1, -0.05) is 0 Å². The van der Waals surface area contributed by atoms with Crippen molar-refractivity contribution in [2.75, 3.05) is 25.5 Å². The first-order valence-electron chi connectivity index (χ1n) is 6.45. The predicted octanol–water partition coefficient (Wildman–Crippen LogP) is -4.60. The Morgan fingerprint density at radius 2 is 1.43 bits per heavy atom. The lowest BCUT2D eigenvalue weighted by Crippen LogP contribution is -2.58. The molecule has 0 fully saturated rings. The van der Waals surface area contributed by atoms with Gasteiger partial charge in [-0.2, -0.15) is 12.6 Å². The van der Waals surface area contributed by atoms with E-state index in [2.05, 4.69) is 23.3 Å². The van der Waals surface area contributed by atoms with E-state index in [1.807, 2.05) is 5.32 Å². The number of aliphatic carboxylic acids is 1. The van der Waals surface area contributed by atoms with Crippen LogP contribution in [-0.2, 0) is 19.2 Å². The second-order valence-corrected chi connectivity index (χ2v) is 4.75. The zero-order valence-corrected chi connectivity index (χ0v) is 13.0. The smallest absolute Gasteiger partial charge is 0.322 e. The minimum Gasteiger partial charge on any atom is -0.480 e. The molecule has 0 aromatic rings. The molecule has 8 N–H and O–H groups in total. The van der Waals surface area contributed by atoms with E-state index in [0.29, 0.717) is 0 Å². The van der Waals surface area contributed by atoms with Crippen LogP contribution in [0.15, 0.2) is 0 Å². The number of aliphatic hydroxyl groups is 2. The number of thiol groups is 1. The molecular formula is C11H20N4O7S. The van der Waals surface area contributed by atoms with Gasteiger partial charge in [0.1, 0.15) is 18.6 Å². The summed E-state index contributed by atoms with van der Waals surface area (Å²) in [6.45, 7) is -2.27. The summed E-state index contributed by atoms with van der Waals surface area (Å²) in [5, 5.41) is 32.8. The quantitative estimate of drug-likeness (QED) is 0.180. The van der Waals surface area contributed by atoms with Crippen LogP contribution in [0.3, 0.4) is 0 Å². The maximum atomic E-state index is 11.9. The molecular weight excluding hydrogens is 332 g/mol. The topological polar surface area (TPSA) is 191 Å². The number of nitrogens with one attached hydrogen (secondary N) is 3. The molecule has 0 radical (unpaired) electrons. The molecule has 0 heterocycles. The highest BCUT2D eigenvalue weighted by Crippen LogP contribution is 1.91. The second-order valence-electron chi connectivity index (χ2n) is 4.39. The van der Waals surface area contributed by atoms with Crippen molar-refractivity contribution in [2.45, 2.75) is 18.1 Å². The van der Waals surface area contributed by atoms with Gasteiger partial charge >= 0.3 is 5.97 Å². The SMILES string of the molecule is NC(CS)C(=O)NC(CO)C(=O)NC(CO)C(=O)NCC(=O)O. The van der Waals surface area contributed by atoms with E-state index in [1.165, 1.54) is 0 Å². The van der Waals surface area contributed by atoms with Crippen LogP contribution in [0.4, 0.5) is 0 Å². The van der Waals surface area contributed by atoms with E-state index in [-0.39, 0.29) is 5.75 Å². The highest BCUT2D eigenvalue weighted by molar-refractivity contribution is 7.80. The summed E-state index contributed by atoms with van der Waals surface area (Å²) in [6, 6.07) is -3.83. The average Bonchev–Trinajstić information content (AvgIpc) is 2.53. The molecule has 0 spiro atoms. The Labute approximate surface area is 137 Å². The summed E-state index contributed by atoms with van der Waals surface area (Å²) in [6.07, 6.45) is 0. The summed E-state index contributed by atoms with van der Waals surface area (Å²) >= 11 is 3.81. The van der Waals surface area contributed by atoms with Gasteiger partial charge < -0.3 is 37.0 Å². The van der Waals surface area contributed by atoms with Crippen LogP contribution in [-0.4, -0.2) is 82.6 Å². The lowest BCUT2D eigenvalue weighted by molar-refractivity contribution is -0.139. The van der Waals surface area contributed by atoms with Gasteiger partial charge in [-0.15, -0.1) is 0 Å². The zero-order chi connectivity index (χ0) is 18.0. The van der Waals surface area contributed by atoms with Crippen molar-refractivity contribution < 1.29 is 34.5 Å². The van der Waals surface area contributed by atoms with Crippen LogP contribution >= 0.6 is 12.6 Å². The van der Waals surface area contributed by atoms with Gasteiger partial charge in [-0.05, 0) is 0 Å². The molecule has 0 rings (SSSR count). The Kier molecular flexibility index (Phi) is 9.89. The van der Waals surface area contributed by atoms with Crippen molar-refractivity contribution in [1.29, 1.82) is 0 Å². The van der Waals surface area contributed by atoms with Crippen molar-refractivity contribution >= 4 is 36.3 Å². The minimum atomic E-state index is -1.44. The predicted molar refractivity (Wildman–Crippen MR) is 80.5 cm³/mol. The summed E-state index contributed by atoms with van der Waals surface area (Å²) in [5.41, 5.74) is 5.40. The van der Waals surface area contributed by atoms with Gasteiger partial charge in [-0.3, -0.25) is 19.2 Å². The summed E-state index contributed by atoms with van der Waals surface area (Å²) < 4.78 is 0. The third kappa shape index (κ3) is 7.78. The Hall–Kier alpha value is -1.89. The van der Waals surface area contributed by atoms with Gasteiger partial charge in [0.05, 0.1) is 19.3 Å². The fourth-order valence-electron chi connectivity index (χ4n) is 1.31. The Morgan fingerprint density at radius 3 is 1.87 bits per heavy atom. The van der Waals surface area contributed by atoms with Gasteiger partial charge in [0.15, 0.2) is 0 Å². The molecule has 0 aromatic heterocycles. The van der Waals surface area contributed by atoms with Gasteiger partial charge in [0, 0.05) is 5.75 Å². The second kappa shape index (κ2) is 10.8. The van der Waals surface area contributed by atoms with Crippen molar-refractivity contribution in [2.24, 2.45) is 5.73 Å². The maximum absolute atomic E-state index is 11.9. The van der Waals surface area contributed by atoms with E-state index in [1.54, 1.807) is 0 Å². The molecule has 0 aliphatic carbocycles.